The maximum atomic E-state index is 12.0. The number of Topliss-reactive ketones (excluding diaryl/α,β-unsaturated/α-hetero) is 1. The first-order valence-electron chi connectivity index (χ1n) is 6.09. The lowest BCUT2D eigenvalue weighted by atomic mass is 9.88. The molecule has 5 nitrogen and oxygen atoms in total. The van der Waals surface area contributed by atoms with E-state index in [0.717, 1.165) is 17.9 Å². The van der Waals surface area contributed by atoms with Gasteiger partial charge in [-0.05, 0) is 18.1 Å². The summed E-state index contributed by atoms with van der Waals surface area (Å²) in [6, 6.07) is 0. The summed E-state index contributed by atoms with van der Waals surface area (Å²) in [5.41, 5.74) is 1.57. The van der Waals surface area contributed by atoms with E-state index in [1.807, 2.05) is 0 Å². The highest BCUT2D eigenvalue weighted by molar-refractivity contribution is 7.99. The number of rotatable bonds is 2. The second kappa shape index (κ2) is 4.35. The van der Waals surface area contributed by atoms with Gasteiger partial charge in [-0.25, -0.2) is 9.50 Å². The first kappa shape index (κ1) is 11.6. The number of aromatic nitrogens is 4. The van der Waals surface area contributed by atoms with E-state index >= 15 is 0 Å². The smallest absolute Gasteiger partial charge is 0.253 e. The van der Waals surface area contributed by atoms with Gasteiger partial charge in [0.05, 0.1) is 11.3 Å². The molecule has 0 aliphatic heterocycles. The second-order valence-electron chi connectivity index (χ2n) is 4.61. The maximum absolute atomic E-state index is 12.0. The number of fused-ring (bicyclic) bond motifs is 2. The third kappa shape index (κ3) is 1.90. The molecule has 3 rings (SSSR count). The Balaban J connectivity index is 2.12. The van der Waals surface area contributed by atoms with Crippen LogP contribution in [0.25, 0.3) is 5.78 Å². The number of hydrogen-bond donors (Lipinski definition) is 0. The summed E-state index contributed by atoms with van der Waals surface area (Å²) in [5, 5.41) is 5.03. The molecule has 0 fully saturated rings. The van der Waals surface area contributed by atoms with Gasteiger partial charge in [0.15, 0.2) is 5.78 Å². The lowest BCUT2D eigenvalue weighted by Gasteiger charge is -2.18. The van der Waals surface area contributed by atoms with Crippen LogP contribution in [0, 0.1) is 5.92 Å². The third-order valence-electron chi connectivity index (χ3n) is 3.04. The molecule has 2 aromatic rings. The van der Waals surface area contributed by atoms with Crippen LogP contribution < -0.4 is 0 Å². The fourth-order valence-corrected chi connectivity index (χ4v) is 2.79. The van der Waals surface area contributed by atoms with Gasteiger partial charge in [0.2, 0.25) is 5.16 Å². The minimum Gasteiger partial charge on any atom is -0.294 e. The first-order valence-corrected chi connectivity index (χ1v) is 7.08. The normalized spacial score (nSPS) is 19.2. The van der Waals surface area contributed by atoms with E-state index < -0.39 is 0 Å². The van der Waals surface area contributed by atoms with Crippen molar-refractivity contribution in [2.24, 2.45) is 5.92 Å². The highest BCUT2D eigenvalue weighted by Gasteiger charge is 2.25. The van der Waals surface area contributed by atoms with E-state index in [0.29, 0.717) is 28.8 Å². The van der Waals surface area contributed by atoms with Crippen LogP contribution >= 0.6 is 11.8 Å². The van der Waals surface area contributed by atoms with E-state index in [1.54, 1.807) is 22.5 Å². The van der Waals surface area contributed by atoms with Crippen molar-refractivity contribution in [1.82, 2.24) is 19.6 Å². The van der Waals surface area contributed by atoms with Gasteiger partial charge in [-0.1, -0.05) is 25.6 Å². The van der Waals surface area contributed by atoms with Crippen molar-refractivity contribution in [2.45, 2.75) is 31.8 Å². The number of carbonyl (C=O) groups excluding carboxylic acids is 1. The predicted molar refractivity (Wildman–Crippen MR) is 69.0 cm³/mol. The summed E-state index contributed by atoms with van der Waals surface area (Å²) >= 11 is 1.58. The fourth-order valence-electron chi connectivity index (χ4n) is 2.24. The molecular weight excluding hydrogens is 248 g/mol. The van der Waals surface area contributed by atoms with Crippen molar-refractivity contribution in [3.8, 4) is 0 Å². The molecule has 0 saturated heterocycles. The van der Waals surface area contributed by atoms with Crippen molar-refractivity contribution in [3.63, 3.8) is 0 Å². The van der Waals surface area contributed by atoms with Crippen LogP contribution in [0.1, 0.15) is 36.3 Å². The molecule has 1 unspecified atom stereocenters. The highest BCUT2D eigenvalue weighted by Crippen LogP contribution is 2.24. The molecule has 0 saturated carbocycles. The molecule has 1 aliphatic rings. The molecule has 2 heterocycles. The van der Waals surface area contributed by atoms with Crippen LogP contribution in [-0.4, -0.2) is 31.1 Å². The average molecular weight is 262 g/mol. The Kier molecular flexibility index (Phi) is 2.81. The van der Waals surface area contributed by atoms with Crippen LogP contribution in [-0.2, 0) is 6.42 Å². The molecule has 0 spiro atoms. The Bertz CT molecular complexity index is 622. The Labute approximate surface area is 109 Å². The molecule has 1 atom stereocenters. The van der Waals surface area contributed by atoms with Crippen molar-refractivity contribution in [3.05, 3.63) is 17.5 Å². The van der Waals surface area contributed by atoms with Gasteiger partial charge in [-0.3, -0.25) is 4.79 Å². The Hall–Kier alpha value is -1.43. The van der Waals surface area contributed by atoms with Crippen molar-refractivity contribution in [2.75, 3.05) is 5.75 Å². The molecule has 18 heavy (non-hydrogen) atoms. The Morgan fingerprint density at radius 1 is 1.44 bits per heavy atom. The molecule has 94 valence electrons. The van der Waals surface area contributed by atoms with Gasteiger partial charge >= 0.3 is 0 Å². The summed E-state index contributed by atoms with van der Waals surface area (Å²) in [5.74, 6) is 2.05. The topological polar surface area (TPSA) is 60.1 Å². The summed E-state index contributed by atoms with van der Waals surface area (Å²) in [6.07, 6.45) is 3.23. The van der Waals surface area contributed by atoms with Crippen molar-refractivity contribution in [1.29, 1.82) is 0 Å². The number of carbonyl (C=O) groups is 1. The number of thioether (sulfide) groups is 1. The summed E-state index contributed by atoms with van der Waals surface area (Å²) in [7, 11) is 0. The van der Waals surface area contributed by atoms with Crippen LogP contribution in [0.4, 0.5) is 0 Å². The van der Waals surface area contributed by atoms with E-state index in [2.05, 4.69) is 28.9 Å². The summed E-state index contributed by atoms with van der Waals surface area (Å²) in [6.45, 7) is 4.13. The molecule has 0 aromatic carbocycles. The van der Waals surface area contributed by atoms with Crippen LogP contribution in [0.2, 0.25) is 0 Å². The highest BCUT2D eigenvalue weighted by atomic mass is 32.2. The zero-order chi connectivity index (χ0) is 12.7. The van der Waals surface area contributed by atoms with Crippen LogP contribution in [0.3, 0.4) is 0 Å². The number of hydrogen-bond acceptors (Lipinski definition) is 5. The quantitative estimate of drug-likeness (QED) is 0.775. The predicted octanol–water partition coefficient (Wildman–Crippen LogP) is 2.00. The molecular formula is C12H14N4OS. The van der Waals surface area contributed by atoms with Crippen molar-refractivity contribution < 1.29 is 4.79 Å². The Morgan fingerprint density at radius 2 is 2.28 bits per heavy atom. The molecule has 0 bridgehead atoms. The van der Waals surface area contributed by atoms with E-state index in [-0.39, 0.29) is 5.78 Å². The van der Waals surface area contributed by atoms with E-state index in [4.69, 9.17) is 0 Å². The maximum Gasteiger partial charge on any atom is 0.253 e. The lowest BCUT2D eigenvalue weighted by molar-refractivity contribution is 0.0951. The lowest BCUT2D eigenvalue weighted by Crippen LogP contribution is -2.20. The van der Waals surface area contributed by atoms with Gasteiger partial charge in [0.1, 0.15) is 0 Å². The number of ketones is 1. The number of nitrogens with zero attached hydrogens (tertiary/aromatic N) is 4. The standard InChI is InChI=1S/C12H14N4OS/c1-3-18-12-14-11-13-9-4-7(2)5-10(17)8(9)6-16(11)15-12/h6-7H,3-5H2,1-2H3. The zero-order valence-corrected chi connectivity index (χ0v) is 11.2. The summed E-state index contributed by atoms with van der Waals surface area (Å²) < 4.78 is 1.62. The monoisotopic (exact) mass is 262 g/mol. The second-order valence-corrected chi connectivity index (χ2v) is 5.84. The molecule has 6 heteroatoms. The van der Waals surface area contributed by atoms with Gasteiger partial charge in [0, 0.05) is 12.6 Å². The Morgan fingerprint density at radius 3 is 3.06 bits per heavy atom. The largest absolute Gasteiger partial charge is 0.294 e. The molecule has 0 amide bonds. The average Bonchev–Trinajstić information content (AvgIpc) is 2.68. The molecule has 0 N–H and O–H groups in total. The van der Waals surface area contributed by atoms with E-state index in [9.17, 15) is 4.79 Å². The summed E-state index contributed by atoms with van der Waals surface area (Å²) in [4.78, 5) is 20.8. The van der Waals surface area contributed by atoms with Gasteiger partial charge in [0.25, 0.3) is 5.78 Å². The molecule has 1 aliphatic carbocycles. The molecule has 0 radical (unpaired) electrons. The third-order valence-corrected chi connectivity index (χ3v) is 3.76. The SMILES string of the molecule is CCSc1nc2nc3c(cn2n1)C(=O)CC(C)C3. The first-order chi connectivity index (χ1) is 8.67. The van der Waals surface area contributed by atoms with Gasteiger partial charge < -0.3 is 0 Å². The zero-order valence-electron chi connectivity index (χ0n) is 10.4. The van der Waals surface area contributed by atoms with Crippen LogP contribution in [0.15, 0.2) is 11.4 Å². The minimum atomic E-state index is 0.165. The molecule has 2 aromatic heterocycles. The van der Waals surface area contributed by atoms with Gasteiger partial charge in [-0.15, -0.1) is 5.10 Å². The van der Waals surface area contributed by atoms with Crippen molar-refractivity contribution >= 4 is 23.3 Å². The van der Waals surface area contributed by atoms with Crippen LogP contribution in [0.5, 0.6) is 0 Å². The van der Waals surface area contributed by atoms with E-state index in [1.165, 1.54) is 0 Å². The van der Waals surface area contributed by atoms with Gasteiger partial charge in [-0.2, -0.15) is 4.98 Å². The minimum absolute atomic E-state index is 0.165. The fraction of sp³-hybridized carbons (Fsp3) is 0.500.